The maximum Gasteiger partial charge on any atom is 0.258 e. The lowest BCUT2D eigenvalue weighted by atomic mass is 9.95. The Morgan fingerprint density at radius 1 is 1.05 bits per heavy atom. The molecule has 1 aromatic carbocycles. The molecule has 6 rings (SSSR count). The fourth-order valence-electron chi connectivity index (χ4n) is 5.28. The van der Waals surface area contributed by atoms with Crippen molar-refractivity contribution in [1.82, 2.24) is 24.3 Å². The second-order valence-corrected chi connectivity index (χ2v) is 10.6. The van der Waals surface area contributed by atoms with Gasteiger partial charge in [0.2, 0.25) is 5.95 Å². The van der Waals surface area contributed by atoms with E-state index in [0.717, 1.165) is 73.2 Å². The summed E-state index contributed by atoms with van der Waals surface area (Å²) in [6.45, 7) is 6.00. The molecule has 2 aliphatic rings. The number of piperazine rings is 1. The highest BCUT2D eigenvalue weighted by Gasteiger charge is 2.26. The molecule has 38 heavy (non-hydrogen) atoms. The van der Waals surface area contributed by atoms with Gasteiger partial charge in [-0.1, -0.05) is 17.4 Å². The minimum absolute atomic E-state index is 0.0691. The normalized spacial score (nSPS) is 17.2. The van der Waals surface area contributed by atoms with Gasteiger partial charge in [-0.05, 0) is 37.1 Å². The Bertz CT molecular complexity index is 1460. The van der Waals surface area contributed by atoms with Crippen LogP contribution < -0.4 is 15.8 Å². The lowest BCUT2D eigenvalue weighted by Crippen LogP contribution is -2.47. The average Bonchev–Trinajstić information content (AvgIpc) is 3.36. The van der Waals surface area contributed by atoms with E-state index < -0.39 is 0 Å². The molecule has 11 heteroatoms. The molecular formula is C27H31N7O3S. The molecule has 0 bridgehead atoms. The van der Waals surface area contributed by atoms with Gasteiger partial charge >= 0.3 is 0 Å². The summed E-state index contributed by atoms with van der Waals surface area (Å²) in [4.78, 5) is 32.9. The SMILES string of the molecule is O=c1ccnc2sc(-c3ccnc(Nc4cccc(N5CCN(CCO)CC5)c4)n3)c(C3CCOCC3)n12. The number of aromatic nitrogens is 4. The molecular weight excluding hydrogens is 502 g/mol. The molecule has 2 saturated heterocycles. The predicted molar refractivity (Wildman–Crippen MR) is 149 cm³/mol. The van der Waals surface area contributed by atoms with Gasteiger partial charge in [-0.15, -0.1) is 0 Å². The van der Waals surface area contributed by atoms with Crippen LogP contribution in [-0.4, -0.2) is 81.9 Å². The molecule has 198 valence electrons. The number of hydrogen-bond acceptors (Lipinski definition) is 10. The largest absolute Gasteiger partial charge is 0.395 e. The van der Waals surface area contributed by atoms with E-state index in [1.54, 1.807) is 16.8 Å². The number of ether oxygens (including phenoxy) is 1. The Kier molecular flexibility index (Phi) is 7.32. The zero-order chi connectivity index (χ0) is 25.9. The summed E-state index contributed by atoms with van der Waals surface area (Å²) < 4.78 is 7.33. The van der Waals surface area contributed by atoms with Crippen molar-refractivity contribution in [2.45, 2.75) is 18.8 Å². The third kappa shape index (κ3) is 5.14. The van der Waals surface area contributed by atoms with Crippen LogP contribution in [0, 0.1) is 0 Å². The van der Waals surface area contributed by atoms with Gasteiger partial charge < -0.3 is 20.1 Å². The number of nitrogens with one attached hydrogen (secondary N) is 1. The molecule has 3 aromatic heterocycles. The van der Waals surface area contributed by atoms with Gasteiger partial charge in [0.25, 0.3) is 5.56 Å². The summed E-state index contributed by atoms with van der Waals surface area (Å²) in [7, 11) is 0. The second kappa shape index (κ2) is 11.2. The summed E-state index contributed by atoms with van der Waals surface area (Å²) in [5.74, 6) is 0.707. The highest BCUT2D eigenvalue weighted by atomic mass is 32.1. The van der Waals surface area contributed by atoms with Crippen molar-refractivity contribution in [2.75, 3.05) is 62.8 Å². The molecule has 5 heterocycles. The van der Waals surface area contributed by atoms with Gasteiger partial charge in [0.05, 0.1) is 22.9 Å². The number of nitrogens with zero attached hydrogens (tertiary/aromatic N) is 6. The third-order valence-corrected chi connectivity index (χ3v) is 8.33. The zero-order valence-corrected chi connectivity index (χ0v) is 21.9. The number of hydrogen-bond donors (Lipinski definition) is 2. The van der Waals surface area contributed by atoms with Crippen molar-refractivity contribution in [3.05, 3.63) is 64.8 Å². The number of β-amino-alcohol motifs (C(OH)–C–C–N with tert-alkyl or cyclic N) is 1. The molecule has 0 aliphatic carbocycles. The standard InChI is InChI=1S/C27H31N7O3S/c35-15-14-32-10-12-33(13-11-32)21-3-1-2-20(18-21)30-26-28-8-4-22(31-26)25-24(19-6-16-37-17-7-19)34-23(36)5-9-29-27(34)38-25/h1-5,8-9,18-19,35H,6-7,10-17H2,(H,28,30,31). The van der Waals surface area contributed by atoms with Crippen LogP contribution >= 0.6 is 11.3 Å². The van der Waals surface area contributed by atoms with E-state index in [2.05, 4.69) is 37.2 Å². The van der Waals surface area contributed by atoms with Gasteiger partial charge in [0.1, 0.15) is 0 Å². The molecule has 0 atom stereocenters. The van der Waals surface area contributed by atoms with E-state index in [1.807, 2.05) is 18.2 Å². The minimum atomic E-state index is -0.0691. The van der Waals surface area contributed by atoms with Crippen molar-refractivity contribution in [3.8, 4) is 10.6 Å². The fourth-order valence-corrected chi connectivity index (χ4v) is 6.44. The highest BCUT2D eigenvalue weighted by Crippen LogP contribution is 2.39. The van der Waals surface area contributed by atoms with Gasteiger partial charge in [-0.2, -0.15) is 0 Å². The zero-order valence-electron chi connectivity index (χ0n) is 21.1. The first-order chi connectivity index (χ1) is 18.7. The van der Waals surface area contributed by atoms with E-state index in [-0.39, 0.29) is 18.1 Å². The second-order valence-electron chi connectivity index (χ2n) is 9.60. The molecule has 0 unspecified atom stereocenters. The molecule has 2 fully saturated rings. The Balaban J connectivity index is 1.27. The summed E-state index contributed by atoms with van der Waals surface area (Å²) >= 11 is 1.49. The van der Waals surface area contributed by atoms with Gasteiger partial charge in [-0.25, -0.2) is 15.0 Å². The number of fused-ring (bicyclic) bond motifs is 1. The first kappa shape index (κ1) is 24.9. The van der Waals surface area contributed by atoms with Gasteiger partial charge in [-0.3, -0.25) is 14.1 Å². The van der Waals surface area contributed by atoms with Crippen LogP contribution in [0.2, 0.25) is 0 Å². The number of rotatable bonds is 7. The van der Waals surface area contributed by atoms with Crippen LogP contribution in [0.4, 0.5) is 17.3 Å². The number of anilines is 3. The minimum Gasteiger partial charge on any atom is -0.395 e. The Hall–Kier alpha value is -3.38. The quantitative estimate of drug-likeness (QED) is 0.371. The third-order valence-electron chi connectivity index (χ3n) is 7.23. The molecule has 0 saturated carbocycles. The van der Waals surface area contributed by atoms with Crippen LogP contribution in [-0.2, 0) is 4.74 Å². The highest BCUT2D eigenvalue weighted by molar-refractivity contribution is 7.20. The topological polar surface area (TPSA) is 108 Å². The first-order valence-electron chi connectivity index (χ1n) is 13.1. The van der Waals surface area contributed by atoms with Crippen LogP contribution in [0.25, 0.3) is 15.5 Å². The predicted octanol–water partition coefficient (Wildman–Crippen LogP) is 2.96. The molecule has 2 N–H and O–H groups in total. The van der Waals surface area contributed by atoms with Crippen LogP contribution in [0.1, 0.15) is 24.5 Å². The van der Waals surface area contributed by atoms with Crippen molar-refractivity contribution >= 4 is 33.6 Å². The van der Waals surface area contributed by atoms with E-state index in [0.29, 0.717) is 24.1 Å². The summed E-state index contributed by atoms with van der Waals surface area (Å²) in [6, 6.07) is 11.7. The van der Waals surface area contributed by atoms with E-state index in [1.165, 1.54) is 17.4 Å². The van der Waals surface area contributed by atoms with Crippen molar-refractivity contribution < 1.29 is 9.84 Å². The van der Waals surface area contributed by atoms with Crippen LogP contribution in [0.3, 0.4) is 0 Å². The van der Waals surface area contributed by atoms with Crippen LogP contribution in [0.15, 0.2) is 53.6 Å². The van der Waals surface area contributed by atoms with E-state index >= 15 is 0 Å². The van der Waals surface area contributed by atoms with E-state index in [4.69, 9.17) is 9.72 Å². The smallest absolute Gasteiger partial charge is 0.258 e. The lowest BCUT2D eigenvalue weighted by Gasteiger charge is -2.35. The van der Waals surface area contributed by atoms with Gasteiger partial charge in [0, 0.05) is 81.7 Å². The van der Waals surface area contributed by atoms with E-state index in [9.17, 15) is 9.90 Å². The van der Waals surface area contributed by atoms with Gasteiger partial charge in [0.15, 0.2) is 4.96 Å². The molecule has 0 amide bonds. The summed E-state index contributed by atoms with van der Waals surface area (Å²) in [5.41, 5.74) is 3.73. The maximum absolute atomic E-state index is 12.8. The van der Waals surface area contributed by atoms with Crippen molar-refractivity contribution in [2.24, 2.45) is 0 Å². The molecule has 4 aromatic rings. The number of benzene rings is 1. The van der Waals surface area contributed by atoms with Crippen molar-refractivity contribution in [3.63, 3.8) is 0 Å². The Labute approximate surface area is 224 Å². The summed E-state index contributed by atoms with van der Waals surface area (Å²) in [5, 5.41) is 12.6. The number of aliphatic hydroxyl groups excluding tert-OH is 1. The molecule has 10 nitrogen and oxygen atoms in total. The average molecular weight is 534 g/mol. The first-order valence-corrected chi connectivity index (χ1v) is 13.9. The Morgan fingerprint density at radius 2 is 1.87 bits per heavy atom. The fraction of sp³-hybridized carbons (Fsp3) is 0.407. The summed E-state index contributed by atoms with van der Waals surface area (Å²) in [6.07, 6.45) is 5.04. The Morgan fingerprint density at radius 3 is 2.68 bits per heavy atom. The molecule has 2 aliphatic heterocycles. The lowest BCUT2D eigenvalue weighted by molar-refractivity contribution is 0.0844. The number of thiazole rings is 1. The van der Waals surface area contributed by atoms with Crippen molar-refractivity contribution in [1.29, 1.82) is 0 Å². The van der Waals surface area contributed by atoms with Crippen LogP contribution in [0.5, 0.6) is 0 Å². The molecule has 0 radical (unpaired) electrons. The monoisotopic (exact) mass is 533 g/mol. The number of aliphatic hydroxyl groups is 1. The maximum atomic E-state index is 12.8. The molecule has 0 spiro atoms.